The van der Waals surface area contributed by atoms with Crippen LogP contribution in [0.3, 0.4) is 0 Å². The third-order valence-corrected chi connectivity index (χ3v) is 2.63. The first-order valence-electron chi connectivity index (χ1n) is 4.33. The summed E-state index contributed by atoms with van der Waals surface area (Å²) >= 11 is 3.40. The molecule has 2 aromatic rings. The molecule has 0 atom stereocenters. The second-order valence-corrected chi connectivity index (χ2v) is 5.04. The minimum Gasteiger partial charge on any atom is -0.243 e. The first kappa shape index (κ1) is 9.65. The van der Waals surface area contributed by atoms with E-state index in [1.54, 1.807) is 0 Å². The van der Waals surface area contributed by atoms with E-state index in [0.717, 1.165) is 21.1 Å². The summed E-state index contributed by atoms with van der Waals surface area (Å²) in [6.45, 7) is 6.39. The quantitative estimate of drug-likeness (QED) is 0.725. The molecule has 0 aliphatic heterocycles. The van der Waals surface area contributed by atoms with Gasteiger partial charge in [-0.1, -0.05) is 20.8 Å². The molecule has 1 aromatic carbocycles. The lowest BCUT2D eigenvalue weighted by atomic mass is 9.87. The van der Waals surface area contributed by atoms with E-state index in [4.69, 9.17) is 0 Å². The Morgan fingerprint density at radius 3 is 2.71 bits per heavy atom. The summed E-state index contributed by atoms with van der Waals surface area (Å²) in [5.41, 5.74) is 2.63. The number of halogens is 1. The highest BCUT2D eigenvalue weighted by atomic mass is 79.9. The number of fused-ring (bicyclic) bond motifs is 1. The molecule has 1 radical (unpaired) electrons. The van der Waals surface area contributed by atoms with Gasteiger partial charge in [0.2, 0.25) is 0 Å². The molecule has 73 valence electrons. The van der Waals surface area contributed by atoms with Gasteiger partial charge in [0, 0.05) is 6.07 Å². The second kappa shape index (κ2) is 3.05. The highest BCUT2D eigenvalue weighted by molar-refractivity contribution is 9.10. The van der Waals surface area contributed by atoms with Gasteiger partial charge in [0.1, 0.15) is 11.0 Å². The zero-order valence-corrected chi connectivity index (χ0v) is 9.84. The van der Waals surface area contributed by atoms with Gasteiger partial charge in [0.15, 0.2) is 0 Å². The zero-order chi connectivity index (χ0) is 10.3. The average molecular weight is 254 g/mol. The SMILES string of the molecule is CC(C)(C)c1[c]c(Br)c2nonc2c1. The molecule has 0 saturated carbocycles. The first-order chi connectivity index (χ1) is 6.48. The van der Waals surface area contributed by atoms with E-state index in [1.165, 1.54) is 0 Å². The van der Waals surface area contributed by atoms with Gasteiger partial charge in [0.05, 0.1) is 4.47 Å². The number of rotatable bonds is 0. The van der Waals surface area contributed by atoms with Crippen LogP contribution in [0.4, 0.5) is 0 Å². The van der Waals surface area contributed by atoms with Gasteiger partial charge in [-0.05, 0) is 43.3 Å². The Bertz CT molecular complexity index is 470. The summed E-state index contributed by atoms with van der Waals surface area (Å²) in [5.74, 6) is 0. The molecule has 0 saturated heterocycles. The molecule has 1 heterocycles. The maximum atomic E-state index is 4.66. The van der Waals surface area contributed by atoms with Gasteiger partial charge in [-0.2, -0.15) is 0 Å². The van der Waals surface area contributed by atoms with Crippen LogP contribution in [0, 0.1) is 6.07 Å². The Balaban J connectivity index is 2.70. The van der Waals surface area contributed by atoms with E-state index in [2.05, 4.69) is 57.7 Å². The van der Waals surface area contributed by atoms with Crippen molar-refractivity contribution in [2.45, 2.75) is 26.2 Å². The molecule has 2 rings (SSSR count). The summed E-state index contributed by atoms with van der Waals surface area (Å²) in [5, 5.41) is 7.59. The smallest absolute Gasteiger partial charge is 0.150 e. The Kier molecular flexibility index (Phi) is 2.10. The molecule has 4 heteroatoms. The predicted molar refractivity (Wildman–Crippen MR) is 57.0 cm³/mol. The zero-order valence-electron chi connectivity index (χ0n) is 8.26. The van der Waals surface area contributed by atoms with Gasteiger partial charge < -0.3 is 0 Å². The molecular weight excluding hydrogens is 244 g/mol. The van der Waals surface area contributed by atoms with Crippen LogP contribution in [-0.4, -0.2) is 10.3 Å². The summed E-state index contributed by atoms with van der Waals surface area (Å²) in [6, 6.07) is 5.19. The van der Waals surface area contributed by atoms with Crippen LogP contribution in [0.5, 0.6) is 0 Å². The Labute approximate surface area is 90.6 Å². The fourth-order valence-corrected chi connectivity index (χ4v) is 1.69. The molecule has 0 aliphatic rings. The standard InChI is InChI=1S/C10H10BrN2O/c1-10(2,3)6-4-7(11)9-8(5-6)12-14-13-9/h5H,1-3H3. The van der Waals surface area contributed by atoms with Crippen LogP contribution in [-0.2, 0) is 5.41 Å². The van der Waals surface area contributed by atoms with Crippen LogP contribution in [0.2, 0.25) is 0 Å². The van der Waals surface area contributed by atoms with Crippen LogP contribution < -0.4 is 0 Å². The van der Waals surface area contributed by atoms with Gasteiger partial charge in [-0.3, -0.25) is 0 Å². The number of hydrogen-bond donors (Lipinski definition) is 0. The minimum atomic E-state index is 0.0512. The lowest BCUT2D eigenvalue weighted by Gasteiger charge is -2.18. The Morgan fingerprint density at radius 2 is 2.07 bits per heavy atom. The molecule has 0 unspecified atom stereocenters. The summed E-state index contributed by atoms with van der Waals surface area (Å²) in [6.07, 6.45) is 0. The van der Waals surface area contributed by atoms with Crippen LogP contribution in [0.15, 0.2) is 15.2 Å². The topological polar surface area (TPSA) is 38.9 Å². The van der Waals surface area contributed by atoms with Crippen molar-refractivity contribution < 1.29 is 4.63 Å². The van der Waals surface area contributed by atoms with Crippen molar-refractivity contribution in [1.29, 1.82) is 0 Å². The minimum absolute atomic E-state index is 0.0512. The summed E-state index contributed by atoms with van der Waals surface area (Å²) in [7, 11) is 0. The van der Waals surface area contributed by atoms with Crippen LogP contribution in [0.1, 0.15) is 26.3 Å². The molecule has 14 heavy (non-hydrogen) atoms. The summed E-state index contributed by atoms with van der Waals surface area (Å²) in [4.78, 5) is 0. The molecule has 0 amide bonds. The van der Waals surface area contributed by atoms with E-state index < -0.39 is 0 Å². The molecule has 0 spiro atoms. The third kappa shape index (κ3) is 1.54. The Hall–Kier alpha value is -0.900. The van der Waals surface area contributed by atoms with Gasteiger partial charge in [-0.15, -0.1) is 0 Å². The molecule has 1 aromatic heterocycles. The maximum Gasteiger partial charge on any atom is 0.150 e. The van der Waals surface area contributed by atoms with Crippen molar-refractivity contribution in [3.05, 3.63) is 22.2 Å². The number of benzene rings is 1. The fourth-order valence-electron chi connectivity index (χ4n) is 1.20. The molecule has 3 nitrogen and oxygen atoms in total. The number of aromatic nitrogens is 2. The number of hydrogen-bond acceptors (Lipinski definition) is 3. The van der Waals surface area contributed by atoms with Gasteiger partial charge in [0.25, 0.3) is 0 Å². The second-order valence-electron chi connectivity index (χ2n) is 4.25. The van der Waals surface area contributed by atoms with E-state index in [0.29, 0.717) is 0 Å². The van der Waals surface area contributed by atoms with Crippen molar-refractivity contribution in [2.24, 2.45) is 0 Å². The highest BCUT2D eigenvalue weighted by Crippen LogP contribution is 2.29. The normalized spacial score (nSPS) is 12.3. The first-order valence-corrected chi connectivity index (χ1v) is 5.12. The average Bonchev–Trinajstić information content (AvgIpc) is 2.50. The van der Waals surface area contributed by atoms with E-state index >= 15 is 0 Å². The number of nitrogens with zero attached hydrogens (tertiary/aromatic N) is 2. The van der Waals surface area contributed by atoms with E-state index in [1.807, 2.05) is 6.07 Å². The fraction of sp³-hybridized carbons (Fsp3) is 0.400. The molecule has 0 fully saturated rings. The maximum absolute atomic E-state index is 4.66. The molecule has 0 bridgehead atoms. The Morgan fingerprint density at radius 1 is 1.36 bits per heavy atom. The van der Waals surface area contributed by atoms with Crippen LogP contribution in [0.25, 0.3) is 11.0 Å². The molecule has 0 aliphatic carbocycles. The van der Waals surface area contributed by atoms with E-state index in [-0.39, 0.29) is 5.41 Å². The van der Waals surface area contributed by atoms with Crippen molar-refractivity contribution in [2.75, 3.05) is 0 Å². The monoisotopic (exact) mass is 253 g/mol. The third-order valence-electron chi connectivity index (χ3n) is 2.06. The van der Waals surface area contributed by atoms with Crippen LogP contribution >= 0.6 is 15.9 Å². The van der Waals surface area contributed by atoms with Crippen molar-refractivity contribution >= 4 is 27.0 Å². The summed E-state index contributed by atoms with van der Waals surface area (Å²) < 4.78 is 5.47. The van der Waals surface area contributed by atoms with Gasteiger partial charge in [-0.25, -0.2) is 4.63 Å². The van der Waals surface area contributed by atoms with Gasteiger partial charge >= 0.3 is 0 Å². The lowest BCUT2D eigenvalue weighted by molar-refractivity contribution is 0.315. The predicted octanol–water partition coefficient (Wildman–Crippen LogP) is 3.08. The lowest BCUT2D eigenvalue weighted by Crippen LogP contribution is -2.11. The molecular formula is C10H10BrN2O. The van der Waals surface area contributed by atoms with Crippen molar-refractivity contribution in [1.82, 2.24) is 10.3 Å². The highest BCUT2D eigenvalue weighted by Gasteiger charge is 2.17. The molecule has 0 N–H and O–H groups in total. The van der Waals surface area contributed by atoms with E-state index in [9.17, 15) is 0 Å². The largest absolute Gasteiger partial charge is 0.243 e. The van der Waals surface area contributed by atoms with Crippen molar-refractivity contribution in [3.63, 3.8) is 0 Å². The van der Waals surface area contributed by atoms with Crippen molar-refractivity contribution in [3.8, 4) is 0 Å².